The van der Waals surface area contributed by atoms with E-state index in [9.17, 15) is 5.26 Å². The molecule has 2 rings (SSSR count). The fraction of sp³-hybridized carbons (Fsp3) is 0.933. The summed E-state index contributed by atoms with van der Waals surface area (Å²) in [5, 5.41) is 9.23. The van der Waals surface area contributed by atoms with Crippen LogP contribution in [0.5, 0.6) is 0 Å². The highest BCUT2D eigenvalue weighted by Gasteiger charge is 2.48. The molecule has 1 heterocycles. The number of hydrogen-bond acceptors (Lipinski definition) is 2. The van der Waals surface area contributed by atoms with Gasteiger partial charge in [-0.2, -0.15) is 5.26 Å². The van der Waals surface area contributed by atoms with Crippen molar-refractivity contribution in [2.45, 2.75) is 64.9 Å². The Balaban J connectivity index is 2.01. The molecule has 17 heavy (non-hydrogen) atoms. The average Bonchev–Trinajstić information content (AvgIpc) is 2.72. The summed E-state index contributed by atoms with van der Waals surface area (Å²) in [6.07, 6.45) is 6.85. The van der Waals surface area contributed by atoms with E-state index >= 15 is 0 Å². The molecule has 1 saturated carbocycles. The van der Waals surface area contributed by atoms with Crippen LogP contribution in [0.15, 0.2) is 0 Å². The first-order chi connectivity index (χ1) is 8.04. The van der Waals surface area contributed by atoms with Crippen molar-refractivity contribution in [3.63, 3.8) is 0 Å². The number of rotatable bonds is 2. The van der Waals surface area contributed by atoms with Crippen molar-refractivity contribution in [3.05, 3.63) is 0 Å². The first kappa shape index (κ1) is 12.9. The van der Waals surface area contributed by atoms with Crippen LogP contribution >= 0.6 is 0 Å². The molecule has 2 heteroatoms. The number of ether oxygens (including phenoxy) is 1. The lowest BCUT2D eigenvalue weighted by atomic mass is 9.64. The number of nitrogens with zero attached hydrogens (tertiary/aromatic N) is 1. The van der Waals surface area contributed by atoms with Gasteiger partial charge in [0.2, 0.25) is 0 Å². The molecule has 0 radical (unpaired) electrons. The molecule has 1 spiro atoms. The Bertz CT molecular complexity index is 307. The molecule has 1 aliphatic carbocycles. The third kappa shape index (κ3) is 2.22. The van der Waals surface area contributed by atoms with Crippen LogP contribution in [0, 0.1) is 28.6 Å². The van der Waals surface area contributed by atoms with Gasteiger partial charge >= 0.3 is 0 Å². The molecule has 1 unspecified atom stereocenters. The van der Waals surface area contributed by atoms with E-state index < -0.39 is 0 Å². The Kier molecular flexibility index (Phi) is 3.50. The summed E-state index contributed by atoms with van der Waals surface area (Å²) in [5.41, 5.74) is 0.372. The molecular formula is C15H25NO. The molecule has 96 valence electrons. The van der Waals surface area contributed by atoms with E-state index in [4.69, 9.17) is 4.74 Å². The Morgan fingerprint density at radius 1 is 1.29 bits per heavy atom. The second-order valence-electron chi connectivity index (χ2n) is 6.50. The van der Waals surface area contributed by atoms with Crippen LogP contribution < -0.4 is 0 Å². The molecule has 0 aromatic rings. The summed E-state index contributed by atoms with van der Waals surface area (Å²) >= 11 is 0. The predicted molar refractivity (Wildman–Crippen MR) is 68.4 cm³/mol. The molecule has 1 atom stereocenters. The van der Waals surface area contributed by atoms with Crippen molar-refractivity contribution in [2.24, 2.45) is 17.3 Å². The van der Waals surface area contributed by atoms with Crippen molar-refractivity contribution >= 4 is 0 Å². The minimum atomic E-state index is -0.0743. The molecule has 0 amide bonds. The van der Waals surface area contributed by atoms with Gasteiger partial charge in [0.1, 0.15) is 0 Å². The highest BCUT2D eigenvalue weighted by molar-refractivity contribution is 5.05. The lowest BCUT2D eigenvalue weighted by Gasteiger charge is -2.44. The molecule has 0 N–H and O–H groups in total. The summed E-state index contributed by atoms with van der Waals surface area (Å²) < 4.78 is 5.96. The van der Waals surface area contributed by atoms with Gasteiger partial charge in [0, 0.05) is 6.61 Å². The Morgan fingerprint density at radius 3 is 2.47 bits per heavy atom. The quantitative estimate of drug-likeness (QED) is 0.727. The Morgan fingerprint density at radius 2 is 1.94 bits per heavy atom. The summed E-state index contributed by atoms with van der Waals surface area (Å²) in [7, 11) is 0. The van der Waals surface area contributed by atoms with Gasteiger partial charge in [0.05, 0.1) is 17.6 Å². The standard InChI is InChI=1S/C15H25NO/c1-4-14(2,3)12-5-8-15(9-6-12)13(11-16)7-10-17-15/h12-13H,4-10H2,1-3H3. The van der Waals surface area contributed by atoms with Gasteiger partial charge < -0.3 is 4.74 Å². The largest absolute Gasteiger partial charge is 0.374 e. The van der Waals surface area contributed by atoms with Crippen molar-refractivity contribution in [1.82, 2.24) is 0 Å². The predicted octanol–water partition coefficient (Wildman–Crippen LogP) is 3.91. The van der Waals surface area contributed by atoms with Gasteiger partial charge in [-0.1, -0.05) is 27.2 Å². The van der Waals surface area contributed by atoms with Crippen LogP contribution in [0.25, 0.3) is 0 Å². The fourth-order valence-corrected chi connectivity index (χ4v) is 3.60. The zero-order valence-electron chi connectivity index (χ0n) is 11.5. The Labute approximate surface area is 105 Å². The molecule has 0 aromatic carbocycles. The van der Waals surface area contributed by atoms with E-state index in [0.717, 1.165) is 31.8 Å². The molecule has 2 fully saturated rings. The molecule has 1 aliphatic heterocycles. The molecule has 0 aromatic heterocycles. The number of nitriles is 1. The fourth-order valence-electron chi connectivity index (χ4n) is 3.60. The molecule has 2 nitrogen and oxygen atoms in total. The summed E-state index contributed by atoms with van der Waals surface area (Å²) in [4.78, 5) is 0. The lowest BCUT2D eigenvalue weighted by Crippen LogP contribution is -2.41. The van der Waals surface area contributed by atoms with Crippen LogP contribution in [0.2, 0.25) is 0 Å². The first-order valence-corrected chi connectivity index (χ1v) is 7.07. The third-order valence-electron chi connectivity index (χ3n) is 5.44. The minimum Gasteiger partial charge on any atom is -0.374 e. The van der Waals surface area contributed by atoms with Crippen molar-refractivity contribution < 1.29 is 4.74 Å². The maximum absolute atomic E-state index is 9.23. The maximum atomic E-state index is 9.23. The van der Waals surface area contributed by atoms with Gasteiger partial charge in [-0.15, -0.1) is 0 Å². The summed E-state index contributed by atoms with van der Waals surface area (Å²) in [6, 6.07) is 2.47. The number of hydrogen-bond donors (Lipinski definition) is 0. The molecular weight excluding hydrogens is 210 g/mol. The molecule has 1 saturated heterocycles. The third-order valence-corrected chi connectivity index (χ3v) is 5.44. The minimum absolute atomic E-state index is 0.0743. The monoisotopic (exact) mass is 235 g/mol. The highest BCUT2D eigenvalue weighted by Crippen LogP contribution is 2.49. The van der Waals surface area contributed by atoms with Gasteiger partial charge in [0.25, 0.3) is 0 Å². The van der Waals surface area contributed by atoms with Crippen LogP contribution in [0.4, 0.5) is 0 Å². The van der Waals surface area contributed by atoms with Crippen molar-refractivity contribution in [3.8, 4) is 6.07 Å². The van der Waals surface area contributed by atoms with E-state index in [2.05, 4.69) is 26.8 Å². The van der Waals surface area contributed by atoms with E-state index in [1.807, 2.05) is 0 Å². The Hall–Kier alpha value is -0.550. The summed E-state index contributed by atoms with van der Waals surface area (Å²) in [5.74, 6) is 0.954. The normalized spacial score (nSPS) is 38.2. The van der Waals surface area contributed by atoms with E-state index in [0.29, 0.717) is 5.41 Å². The van der Waals surface area contributed by atoms with Crippen LogP contribution in [-0.2, 0) is 4.74 Å². The second kappa shape index (κ2) is 4.61. The van der Waals surface area contributed by atoms with Gasteiger partial charge in [0.15, 0.2) is 0 Å². The SMILES string of the molecule is CCC(C)(C)C1CCC2(CC1)OCCC2C#N. The van der Waals surface area contributed by atoms with Crippen LogP contribution in [-0.4, -0.2) is 12.2 Å². The zero-order chi connectivity index (χ0) is 12.5. The van der Waals surface area contributed by atoms with E-state index in [1.54, 1.807) is 0 Å². The first-order valence-electron chi connectivity index (χ1n) is 7.07. The topological polar surface area (TPSA) is 33.0 Å². The molecule has 2 aliphatic rings. The maximum Gasteiger partial charge on any atom is 0.0841 e. The second-order valence-corrected chi connectivity index (χ2v) is 6.50. The van der Waals surface area contributed by atoms with Gasteiger partial charge in [-0.3, -0.25) is 0 Å². The highest BCUT2D eigenvalue weighted by atomic mass is 16.5. The zero-order valence-corrected chi connectivity index (χ0v) is 11.5. The van der Waals surface area contributed by atoms with Gasteiger partial charge in [-0.05, 0) is 43.4 Å². The van der Waals surface area contributed by atoms with Crippen molar-refractivity contribution in [1.29, 1.82) is 5.26 Å². The average molecular weight is 235 g/mol. The van der Waals surface area contributed by atoms with Crippen LogP contribution in [0.1, 0.15) is 59.3 Å². The van der Waals surface area contributed by atoms with Crippen molar-refractivity contribution in [2.75, 3.05) is 6.61 Å². The molecule has 0 bridgehead atoms. The lowest BCUT2D eigenvalue weighted by molar-refractivity contribution is -0.0614. The van der Waals surface area contributed by atoms with Crippen LogP contribution in [0.3, 0.4) is 0 Å². The van der Waals surface area contributed by atoms with E-state index in [-0.39, 0.29) is 11.5 Å². The van der Waals surface area contributed by atoms with Gasteiger partial charge in [-0.25, -0.2) is 0 Å². The van der Waals surface area contributed by atoms with E-state index in [1.165, 1.54) is 19.3 Å². The smallest absolute Gasteiger partial charge is 0.0841 e. The summed E-state index contributed by atoms with van der Waals surface area (Å²) in [6.45, 7) is 7.84.